The monoisotopic (exact) mass is 1210 g/mol. The summed E-state index contributed by atoms with van der Waals surface area (Å²) in [6.07, 6.45) is 12.7. The van der Waals surface area contributed by atoms with Crippen molar-refractivity contribution in [2.45, 2.75) is 191 Å². The Morgan fingerprint density at radius 1 is 0.608 bits per heavy atom. The zero-order valence-electron chi connectivity index (χ0n) is 51.5. The molecule has 0 aromatic heterocycles. The Bertz CT molecular complexity index is 2500. The molecule has 2 aliphatic rings. The van der Waals surface area contributed by atoms with Crippen LogP contribution in [-0.2, 0) is 43.9 Å². The molecule has 2 aliphatic heterocycles. The summed E-state index contributed by atoms with van der Waals surface area (Å²) in [5.41, 5.74) is 10.3. The van der Waals surface area contributed by atoms with Gasteiger partial charge in [-0.1, -0.05) is 124 Å². The maximum atomic E-state index is 13.1. The minimum absolute atomic E-state index is 0.211. The molecule has 0 spiro atoms. The van der Waals surface area contributed by atoms with Gasteiger partial charge in [0.1, 0.15) is 18.2 Å². The fourth-order valence-corrected chi connectivity index (χ4v) is 12.4. The predicted octanol–water partition coefficient (Wildman–Crippen LogP) is 17.8. The number of hydrogen-bond donors (Lipinski definition) is 2. The summed E-state index contributed by atoms with van der Waals surface area (Å²) in [6.45, 7) is 37.9. The second-order valence-corrected chi connectivity index (χ2v) is 41.8. The quantitative estimate of drug-likeness (QED) is 0.0399. The molecule has 0 saturated carbocycles. The molecule has 2 fully saturated rings. The van der Waals surface area contributed by atoms with E-state index in [4.69, 9.17) is 18.5 Å². The fourth-order valence-electron chi connectivity index (χ4n) is 10.2. The molecule has 10 nitrogen and oxygen atoms in total. The lowest BCUT2D eigenvalue weighted by Crippen LogP contribution is -2.36. The van der Waals surface area contributed by atoms with Crippen LogP contribution in [0.4, 0.5) is 11.4 Å². The van der Waals surface area contributed by atoms with Crippen molar-refractivity contribution < 1.29 is 37.4 Å². The van der Waals surface area contributed by atoms with E-state index in [0.717, 1.165) is 93.9 Å². The smallest absolute Gasteiger partial charge is 0.333 e. The van der Waals surface area contributed by atoms with Gasteiger partial charge in [0.05, 0.1) is 37.7 Å². The summed E-state index contributed by atoms with van der Waals surface area (Å²) < 4.78 is 48.1. The van der Waals surface area contributed by atoms with Crippen molar-refractivity contribution in [3.63, 3.8) is 0 Å². The lowest BCUT2D eigenvalue weighted by Gasteiger charge is -2.35. The molecule has 0 radical (unpaired) electrons. The van der Waals surface area contributed by atoms with Crippen molar-refractivity contribution in [1.29, 1.82) is 0 Å². The first-order valence-electron chi connectivity index (χ1n) is 29.7. The van der Waals surface area contributed by atoms with E-state index < -0.39 is 27.5 Å². The molecular weight excluding hydrogens is 1110 g/mol. The van der Waals surface area contributed by atoms with Gasteiger partial charge < -0.3 is 38.1 Å². The first-order chi connectivity index (χ1) is 36.9. The summed E-state index contributed by atoms with van der Waals surface area (Å²) in [7, 11) is -7.20. The number of anilines is 2. The Morgan fingerprint density at radius 3 is 1.32 bits per heavy atom. The molecule has 4 aromatic carbocycles. The zero-order chi connectivity index (χ0) is 58.6. The molecule has 444 valence electrons. The first-order valence-corrected chi connectivity index (χ1v) is 38.7. The maximum Gasteiger partial charge on any atom is 0.333 e. The average Bonchev–Trinajstić information content (AvgIpc) is 3.36. The third kappa shape index (κ3) is 26.5. The number of nitrogens with zero attached hydrogens (tertiary/aromatic N) is 2. The molecule has 0 bridgehead atoms. The number of rotatable bonds is 24. The molecule has 79 heavy (non-hydrogen) atoms. The number of aryl methyl sites for hydroxylation is 4. The summed E-state index contributed by atoms with van der Waals surface area (Å²) in [6, 6.07) is 29.7. The van der Waals surface area contributed by atoms with E-state index in [0.29, 0.717) is 55.3 Å². The molecule has 2 heterocycles. The van der Waals surface area contributed by atoms with Crippen LogP contribution in [0, 0.1) is 36.5 Å². The predicted molar refractivity (Wildman–Crippen MR) is 342 cm³/mol. The Kier molecular flexibility index (Phi) is 28.0. The fraction of sp³-hybridized carbons (Fsp3) is 0.631. The van der Waals surface area contributed by atoms with Gasteiger partial charge in [0, 0.05) is 37.6 Å². The van der Waals surface area contributed by atoms with Crippen LogP contribution in [0.3, 0.4) is 0 Å². The molecule has 4 aromatic rings. The summed E-state index contributed by atoms with van der Waals surface area (Å²) >= 11 is 3.51. The second-order valence-electron chi connectivity index (χ2n) is 26.0. The summed E-state index contributed by atoms with van der Waals surface area (Å²) in [5.74, 6) is 2.72. The highest BCUT2D eigenvalue weighted by Gasteiger charge is 2.32. The van der Waals surface area contributed by atoms with Crippen LogP contribution in [0.1, 0.15) is 154 Å². The molecular formula is C65H105BrN2O8P2Si. The highest BCUT2D eigenvalue weighted by molar-refractivity contribution is 9.26. The number of benzene rings is 4. The van der Waals surface area contributed by atoms with Crippen molar-refractivity contribution in [3.8, 4) is 11.5 Å². The van der Waals surface area contributed by atoms with E-state index in [1.165, 1.54) is 59.3 Å². The van der Waals surface area contributed by atoms with Crippen LogP contribution >= 0.6 is 30.5 Å². The van der Waals surface area contributed by atoms with Gasteiger partial charge in [-0.15, -0.1) is 15.3 Å². The normalized spacial score (nSPS) is 15.9. The van der Waals surface area contributed by atoms with Crippen LogP contribution in [-0.4, -0.2) is 80.4 Å². The number of hydrogen-bond acceptors (Lipinski definition) is 8. The van der Waals surface area contributed by atoms with Crippen LogP contribution in [0.5, 0.6) is 11.5 Å². The number of piperidine rings is 2. The molecule has 2 N–H and O–H groups in total. The maximum absolute atomic E-state index is 13.1. The van der Waals surface area contributed by atoms with Gasteiger partial charge in [0.2, 0.25) is 0 Å². The van der Waals surface area contributed by atoms with Gasteiger partial charge in [-0.25, -0.2) is 0 Å². The van der Waals surface area contributed by atoms with Crippen molar-refractivity contribution in [2.75, 3.05) is 62.4 Å². The second kappa shape index (κ2) is 32.2. The highest BCUT2D eigenvalue weighted by Crippen LogP contribution is 2.54. The van der Waals surface area contributed by atoms with E-state index >= 15 is 0 Å². The van der Waals surface area contributed by atoms with E-state index in [9.17, 15) is 18.9 Å². The van der Waals surface area contributed by atoms with Crippen LogP contribution in [0.2, 0.25) is 19.6 Å². The summed E-state index contributed by atoms with van der Waals surface area (Å²) in [4.78, 5) is 23.9. The third-order valence-corrected chi connectivity index (χ3v) is 18.5. The molecule has 2 saturated heterocycles. The minimum Gasteiger partial charge on any atom is -0.493 e. The highest BCUT2D eigenvalue weighted by atomic mass is 79.9. The van der Waals surface area contributed by atoms with Gasteiger partial charge in [0.15, 0.2) is 0 Å². The largest absolute Gasteiger partial charge is 0.493 e. The van der Waals surface area contributed by atoms with Crippen molar-refractivity contribution >= 4 is 48.6 Å². The zero-order valence-corrected chi connectivity index (χ0v) is 55.9. The van der Waals surface area contributed by atoms with Crippen molar-refractivity contribution in [1.82, 2.24) is 0 Å². The van der Waals surface area contributed by atoms with Gasteiger partial charge in [-0.2, -0.15) is 0 Å². The minimum atomic E-state index is -4.07. The Balaban J connectivity index is 0.000000315. The topological polar surface area (TPSA) is 118 Å². The van der Waals surface area contributed by atoms with Gasteiger partial charge >= 0.3 is 15.2 Å². The van der Waals surface area contributed by atoms with Crippen molar-refractivity contribution in [2.24, 2.45) is 22.7 Å². The third-order valence-electron chi connectivity index (χ3n) is 14.7. The average molecular weight is 1210 g/mol. The number of ether oxygens (including phenoxy) is 2. The Morgan fingerprint density at radius 2 is 0.975 bits per heavy atom. The van der Waals surface area contributed by atoms with Gasteiger partial charge in [-0.3, -0.25) is 9.13 Å². The first kappa shape index (κ1) is 68.6. The standard InChI is InChI=1S/C33H52NO4P.C29H44NO4P.C3H9BrSi/c1-8-37-39(35,38-9-2)27(4)23-29-12-10-14-31(24-29)36-25-28-17-20-34(21-18-28)32-22-26(3)15-16-30(32)13-11-19-33(5,6)7;1-22-11-12-26(9-7-15-29(3,4)5)28(18-22)30-16-13-24(14-17-30)21-34-27-10-6-8-25(20-27)19-23(2)35(31,32)33;1-5(2,3)4/h10,12,14-16,22,24,27-28H,8-9,11,13,17-21,23,25H2,1-7H3;6,8,10-12,18,20,23-24H,7,9,13-17,19,21H2,1-5H3,(H2,31,32,33);1-3H3. The SMILES string of the molecule is CCOP(=O)(OCC)C(C)Cc1cccc(OCC2CCN(c3cc(C)ccc3CCCC(C)(C)C)CC2)c1.C[Si](C)(C)Br.Cc1ccc(CCCC(C)(C)C)c(N2CCC(COc3cccc(CC(C)P(=O)(O)O)c3)CC2)c1. The molecule has 2 unspecified atom stereocenters. The van der Waals surface area contributed by atoms with E-state index in [-0.39, 0.29) is 5.66 Å². The van der Waals surface area contributed by atoms with Crippen LogP contribution in [0.25, 0.3) is 0 Å². The molecule has 0 aliphatic carbocycles. The Labute approximate surface area is 489 Å². The van der Waals surface area contributed by atoms with E-state index in [1.807, 2.05) is 57.2 Å². The lowest BCUT2D eigenvalue weighted by atomic mass is 9.88. The van der Waals surface area contributed by atoms with Gasteiger partial charge in [0.25, 0.3) is 0 Å². The van der Waals surface area contributed by atoms with E-state index in [2.05, 4.69) is 149 Å². The van der Waals surface area contributed by atoms with E-state index in [1.54, 1.807) is 6.92 Å². The van der Waals surface area contributed by atoms with Crippen LogP contribution in [0.15, 0.2) is 84.9 Å². The van der Waals surface area contributed by atoms with Gasteiger partial charge in [-0.05, 0) is 197 Å². The lowest BCUT2D eigenvalue weighted by molar-refractivity contribution is 0.213. The molecule has 14 heteroatoms. The van der Waals surface area contributed by atoms with Crippen molar-refractivity contribution in [3.05, 3.63) is 118 Å². The number of halogens is 1. The summed E-state index contributed by atoms with van der Waals surface area (Å²) in [5, 5.41) is 0. The Hall–Kier alpha value is -2.92. The van der Waals surface area contributed by atoms with Crippen LogP contribution < -0.4 is 19.3 Å². The molecule has 0 amide bonds. The molecule has 2 atom stereocenters. The molecule has 6 rings (SSSR count).